The van der Waals surface area contributed by atoms with Crippen LogP contribution in [0, 0.1) is 0 Å². The molecule has 0 saturated heterocycles. The fourth-order valence-corrected chi connectivity index (χ4v) is 0.354. The van der Waals surface area contributed by atoms with Crippen LogP contribution < -0.4 is 12.3 Å². The first-order valence-corrected chi connectivity index (χ1v) is 2.41. The molecule has 48 valence electrons. The second kappa shape index (κ2) is 16.8. The van der Waals surface area contributed by atoms with Crippen molar-refractivity contribution in [3.05, 3.63) is 0 Å². The Kier molecular flexibility index (Phi) is 37.9. The van der Waals surface area contributed by atoms with Crippen LogP contribution >= 0.6 is 0 Å². The summed E-state index contributed by atoms with van der Waals surface area (Å²) in [5.41, 5.74) is 0. The average Bonchev–Trinajstić information content (AvgIpc) is 1.41. The zero-order valence-corrected chi connectivity index (χ0v) is 5.54. The molecule has 0 aliphatic rings. The van der Waals surface area contributed by atoms with E-state index >= 15 is 0 Å². The molecule has 0 fully saturated rings. The van der Waals surface area contributed by atoms with Crippen molar-refractivity contribution in [1.82, 2.24) is 12.3 Å². The van der Waals surface area contributed by atoms with Crippen molar-refractivity contribution in [2.45, 2.75) is 33.1 Å². The van der Waals surface area contributed by atoms with Crippen LogP contribution in [0.15, 0.2) is 0 Å². The molecule has 0 aromatic heterocycles. The highest BCUT2D eigenvalue weighted by atomic mass is 14.0. The fourth-order valence-electron chi connectivity index (χ4n) is 0.354. The molecule has 0 aliphatic carbocycles. The molecule has 0 bridgehead atoms. The maximum Gasteiger partial charge on any atom is -0.0538 e. The van der Waals surface area contributed by atoms with E-state index in [1.54, 1.807) is 0 Å². The van der Waals surface area contributed by atoms with E-state index < -0.39 is 0 Å². The number of hydrogen-bond acceptors (Lipinski definition) is 2. The summed E-state index contributed by atoms with van der Waals surface area (Å²) in [6.45, 7) is 4.42. The average molecular weight is 106 g/mol. The van der Waals surface area contributed by atoms with E-state index in [4.69, 9.17) is 0 Å². The highest BCUT2D eigenvalue weighted by molar-refractivity contribution is 4.24. The second-order valence-electron chi connectivity index (χ2n) is 1.35. The van der Waals surface area contributed by atoms with Crippen LogP contribution in [0.4, 0.5) is 0 Å². The van der Waals surface area contributed by atoms with Crippen LogP contribution in [0.5, 0.6) is 0 Å². The van der Waals surface area contributed by atoms with Gasteiger partial charge in [-0.25, -0.2) is 0 Å². The normalized spacial score (nSPS) is 6.00. The first kappa shape index (κ1) is 15.8. The van der Waals surface area contributed by atoms with Gasteiger partial charge in [0.25, 0.3) is 0 Å². The zero-order chi connectivity index (χ0) is 4.12. The minimum Gasteiger partial charge on any atom is -0.344 e. The Bertz CT molecular complexity index is 13.6. The van der Waals surface area contributed by atoms with E-state index in [0.717, 1.165) is 0 Å². The molecule has 2 heteroatoms. The van der Waals surface area contributed by atoms with Crippen LogP contribution in [0.25, 0.3) is 0 Å². The van der Waals surface area contributed by atoms with Crippen molar-refractivity contribution >= 4 is 0 Å². The monoisotopic (exact) mass is 106 g/mol. The predicted molar refractivity (Wildman–Crippen MR) is 35.2 cm³/mol. The van der Waals surface area contributed by atoms with Crippen LogP contribution in [-0.2, 0) is 0 Å². The minimum atomic E-state index is 0. The molecular weight excluding hydrogens is 88.1 g/mol. The summed E-state index contributed by atoms with van der Waals surface area (Å²) in [7, 11) is 0. The lowest BCUT2D eigenvalue weighted by atomic mass is 10.3. The Morgan fingerprint density at radius 2 is 1.14 bits per heavy atom. The second-order valence-corrected chi connectivity index (χ2v) is 1.35. The van der Waals surface area contributed by atoms with Gasteiger partial charge < -0.3 is 12.3 Å². The maximum absolute atomic E-state index is 2.21. The molecule has 0 aromatic carbocycles. The Labute approximate surface area is 46.5 Å². The molecule has 0 saturated carbocycles. The number of unbranched alkanes of at least 4 members (excludes halogenated alkanes) is 2. The molecular formula is C5H18N2. The van der Waals surface area contributed by atoms with E-state index in [2.05, 4.69) is 13.8 Å². The standard InChI is InChI=1S/C5H12.2H3N/c1-3-5-4-2;;/h3-5H2,1-2H3;2*1H3. The first-order chi connectivity index (χ1) is 2.41. The van der Waals surface area contributed by atoms with E-state index in [1.807, 2.05) is 0 Å². The zero-order valence-electron chi connectivity index (χ0n) is 5.54. The number of rotatable bonds is 2. The molecule has 0 aromatic rings. The molecule has 0 spiro atoms. The molecule has 0 heterocycles. The van der Waals surface area contributed by atoms with Crippen molar-refractivity contribution < 1.29 is 0 Å². The van der Waals surface area contributed by atoms with Crippen molar-refractivity contribution in [3.63, 3.8) is 0 Å². The van der Waals surface area contributed by atoms with Gasteiger partial charge in [-0.05, 0) is 0 Å². The molecule has 7 heavy (non-hydrogen) atoms. The van der Waals surface area contributed by atoms with Crippen LogP contribution in [0.3, 0.4) is 0 Å². The molecule has 0 radical (unpaired) electrons. The summed E-state index contributed by atoms with van der Waals surface area (Å²) < 4.78 is 0. The lowest BCUT2D eigenvalue weighted by Gasteiger charge is -1.79. The van der Waals surface area contributed by atoms with E-state index in [-0.39, 0.29) is 12.3 Å². The van der Waals surface area contributed by atoms with Crippen molar-refractivity contribution in [1.29, 1.82) is 0 Å². The van der Waals surface area contributed by atoms with E-state index in [1.165, 1.54) is 19.3 Å². The fraction of sp³-hybridized carbons (Fsp3) is 1.00. The quantitative estimate of drug-likeness (QED) is 0.567. The molecule has 0 atom stereocenters. The van der Waals surface area contributed by atoms with Gasteiger partial charge >= 0.3 is 0 Å². The molecule has 0 aliphatic heterocycles. The topological polar surface area (TPSA) is 70.0 Å². The van der Waals surface area contributed by atoms with Gasteiger partial charge in [0.05, 0.1) is 0 Å². The summed E-state index contributed by atoms with van der Waals surface area (Å²) >= 11 is 0. The van der Waals surface area contributed by atoms with Gasteiger partial charge in [0.15, 0.2) is 0 Å². The third kappa shape index (κ3) is 24.7. The van der Waals surface area contributed by atoms with Gasteiger partial charge in [-0.1, -0.05) is 33.1 Å². The third-order valence-corrected chi connectivity index (χ3v) is 0.707. The van der Waals surface area contributed by atoms with E-state index in [9.17, 15) is 0 Å². The van der Waals surface area contributed by atoms with Gasteiger partial charge in [-0.15, -0.1) is 0 Å². The summed E-state index contributed by atoms with van der Waals surface area (Å²) in [5.74, 6) is 0. The Morgan fingerprint density at radius 1 is 0.857 bits per heavy atom. The highest BCUT2D eigenvalue weighted by Gasteiger charge is 1.68. The van der Waals surface area contributed by atoms with Gasteiger partial charge in [0.1, 0.15) is 0 Å². The summed E-state index contributed by atoms with van der Waals surface area (Å²) in [6.07, 6.45) is 4.08. The van der Waals surface area contributed by atoms with Crippen LogP contribution in [0.2, 0.25) is 0 Å². The van der Waals surface area contributed by atoms with Gasteiger partial charge in [-0.3, -0.25) is 0 Å². The Morgan fingerprint density at radius 3 is 1.14 bits per heavy atom. The van der Waals surface area contributed by atoms with Crippen LogP contribution in [-0.4, -0.2) is 0 Å². The smallest absolute Gasteiger partial charge is 0.0538 e. The molecule has 0 unspecified atom stereocenters. The van der Waals surface area contributed by atoms with Gasteiger partial charge in [0, 0.05) is 0 Å². The SMILES string of the molecule is CCCCC.N.N. The highest BCUT2D eigenvalue weighted by Crippen LogP contribution is 1.88. The van der Waals surface area contributed by atoms with Gasteiger partial charge in [0.2, 0.25) is 0 Å². The van der Waals surface area contributed by atoms with Gasteiger partial charge in [-0.2, -0.15) is 0 Å². The lowest BCUT2D eigenvalue weighted by Crippen LogP contribution is -1.59. The Hall–Kier alpha value is -0.0800. The summed E-state index contributed by atoms with van der Waals surface area (Å²) in [5, 5.41) is 0. The van der Waals surface area contributed by atoms with E-state index in [0.29, 0.717) is 0 Å². The van der Waals surface area contributed by atoms with Crippen molar-refractivity contribution in [2.24, 2.45) is 0 Å². The molecule has 0 rings (SSSR count). The van der Waals surface area contributed by atoms with Crippen LogP contribution in [0.1, 0.15) is 33.1 Å². The molecule has 6 N–H and O–H groups in total. The molecule has 2 nitrogen and oxygen atoms in total. The number of hydrogen-bond donors (Lipinski definition) is 2. The predicted octanol–water partition coefficient (Wildman–Crippen LogP) is 2.52. The Balaban J connectivity index is -0.0000000800. The van der Waals surface area contributed by atoms with Crippen molar-refractivity contribution in [2.75, 3.05) is 0 Å². The summed E-state index contributed by atoms with van der Waals surface area (Å²) in [4.78, 5) is 0. The first-order valence-electron chi connectivity index (χ1n) is 2.41. The molecule has 0 amide bonds. The minimum absolute atomic E-state index is 0. The third-order valence-electron chi connectivity index (χ3n) is 0.707. The van der Waals surface area contributed by atoms with Crippen molar-refractivity contribution in [3.8, 4) is 0 Å². The largest absolute Gasteiger partial charge is 0.344 e. The maximum atomic E-state index is 2.21. The lowest BCUT2D eigenvalue weighted by molar-refractivity contribution is 0.772. The summed E-state index contributed by atoms with van der Waals surface area (Å²) in [6, 6.07) is 0.